The van der Waals surface area contributed by atoms with Crippen LogP contribution in [0.15, 0.2) is 66.6 Å². The number of nitrogens with one attached hydrogen (secondary N) is 1. The van der Waals surface area contributed by atoms with Crippen molar-refractivity contribution in [3.8, 4) is 28.1 Å². The van der Waals surface area contributed by atoms with E-state index >= 15 is 0 Å². The summed E-state index contributed by atoms with van der Waals surface area (Å²) in [7, 11) is 0. The first kappa shape index (κ1) is 33.8. The summed E-state index contributed by atoms with van der Waals surface area (Å²) in [6.07, 6.45) is -1.31. The van der Waals surface area contributed by atoms with Gasteiger partial charge in [-0.15, -0.1) is 11.3 Å². The van der Waals surface area contributed by atoms with E-state index in [2.05, 4.69) is 22.4 Å². The Balaban J connectivity index is 1.56. The lowest BCUT2D eigenvalue weighted by atomic mass is 10.1. The summed E-state index contributed by atoms with van der Waals surface area (Å²) in [5.41, 5.74) is 9.63. The molecule has 47 heavy (non-hydrogen) atoms. The summed E-state index contributed by atoms with van der Waals surface area (Å²) < 4.78 is 40.3. The molecule has 0 bridgehead atoms. The molecule has 4 aromatic rings. The van der Waals surface area contributed by atoms with Crippen molar-refractivity contribution >= 4 is 40.4 Å². The number of halogens is 5. The number of alkyl halides is 3. The highest BCUT2D eigenvalue weighted by molar-refractivity contribution is 7.16. The van der Waals surface area contributed by atoms with E-state index in [1.807, 2.05) is 0 Å². The van der Waals surface area contributed by atoms with Crippen molar-refractivity contribution in [1.82, 2.24) is 25.3 Å². The molecule has 244 valence electrons. The number of rotatable bonds is 7. The number of carbonyl (C=O) groups is 1. The molecule has 2 aromatic heterocycles. The number of hydrogen-bond acceptors (Lipinski definition) is 8. The number of carbonyl (C=O) groups excluding carboxylic acids is 1. The van der Waals surface area contributed by atoms with Crippen LogP contribution in [0.25, 0.3) is 16.3 Å². The van der Waals surface area contributed by atoms with E-state index < -0.39 is 22.6 Å². The molecule has 0 atom stereocenters. The minimum atomic E-state index is -4.44. The molecule has 3 heterocycles. The standard InChI is InChI=1S/C31H26Cl2F3N7O3S/c1-19-28(30(44)43(38-27(37)18-41(45)46)40-15-3-2-4-16-40)39-42(25-13-10-22(32)17-24(25)33)29(19)26-14-12-23(47-26)11-7-20-5-8-21(9-6-20)31(34,35)36/h5-6,8-10,12-14,17-18,38H,2-4,15-16,37H2,1H3. The van der Waals surface area contributed by atoms with Gasteiger partial charge in [-0.25, -0.2) is 4.68 Å². The highest BCUT2D eigenvalue weighted by atomic mass is 35.5. The Kier molecular flexibility index (Phi) is 10.1. The average Bonchev–Trinajstić information content (AvgIpc) is 3.62. The lowest BCUT2D eigenvalue weighted by molar-refractivity contribution is -0.404. The zero-order valence-corrected chi connectivity index (χ0v) is 27.0. The number of nitrogens with two attached hydrogens (primary N) is 1. The van der Waals surface area contributed by atoms with Gasteiger partial charge in [0.05, 0.1) is 36.6 Å². The van der Waals surface area contributed by atoms with Gasteiger partial charge in [0.1, 0.15) is 0 Å². The van der Waals surface area contributed by atoms with Gasteiger partial charge < -0.3 is 5.73 Å². The zero-order chi connectivity index (χ0) is 33.9. The van der Waals surface area contributed by atoms with E-state index in [1.54, 1.807) is 42.3 Å². The molecule has 0 radical (unpaired) electrons. The summed E-state index contributed by atoms with van der Waals surface area (Å²) in [5, 5.41) is 19.3. The Morgan fingerprint density at radius 3 is 2.45 bits per heavy atom. The number of amides is 1. The average molecular weight is 705 g/mol. The summed E-state index contributed by atoms with van der Waals surface area (Å²) in [5.74, 6) is 4.91. The molecule has 0 saturated carbocycles. The van der Waals surface area contributed by atoms with Crippen molar-refractivity contribution in [3.63, 3.8) is 0 Å². The second-order valence-corrected chi connectivity index (χ2v) is 12.4. The van der Waals surface area contributed by atoms with Crippen LogP contribution in [0.1, 0.15) is 51.3 Å². The van der Waals surface area contributed by atoms with Gasteiger partial charge in [0.15, 0.2) is 11.5 Å². The van der Waals surface area contributed by atoms with E-state index in [4.69, 9.17) is 28.9 Å². The van der Waals surface area contributed by atoms with E-state index in [9.17, 15) is 28.1 Å². The molecule has 1 fully saturated rings. The summed E-state index contributed by atoms with van der Waals surface area (Å²) in [6, 6.07) is 12.9. The Bertz CT molecular complexity index is 1910. The molecule has 16 heteroatoms. The molecule has 1 aliphatic heterocycles. The zero-order valence-electron chi connectivity index (χ0n) is 24.6. The van der Waals surface area contributed by atoms with Crippen molar-refractivity contribution < 1.29 is 22.9 Å². The van der Waals surface area contributed by atoms with Crippen LogP contribution in [-0.2, 0) is 6.18 Å². The second kappa shape index (κ2) is 14.1. The maximum atomic E-state index is 14.2. The lowest BCUT2D eigenvalue weighted by Gasteiger charge is -2.36. The highest BCUT2D eigenvalue weighted by Crippen LogP contribution is 2.36. The molecule has 1 amide bonds. The highest BCUT2D eigenvalue weighted by Gasteiger charge is 2.32. The van der Waals surface area contributed by atoms with Gasteiger partial charge in [0.25, 0.3) is 6.20 Å². The number of hydrogen-bond donors (Lipinski definition) is 2. The third kappa shape index (κ3) is 7.88. The van der Waals surface area contributed by atoms with Crippen LogP contribution in [0.2, 0.25) is 10.0 Å². The number of nitrogens with zero attached hydrogens (tertiary/aromatic N) is 5. The molecular weight excluding hydrogens is 678 g/mol. The quantitative estimate of drug-likeness (QED) is 0.121. The van der Waals surface area contributed by atoms with Crippen molar-refractivity contribution in [2.24, 2.45) is 5.73 Å². The number of piperidine rings is 1. The third-order valence-corrected chi connectivity index (χ3v) is 8.68. The SMILES string of the molecule is Cc1c(C(=O)N(NC(N)=C[N+](=O)[O-])N2CCCCC2)nn(-c2ccc(Cl)cc2Cl)c1-c1ccc(C#Cc2ccc(C(F)(F)F)cc2)s1. The van der Waals surface area contributed by atoms with Gasteiger partial charge in [0, 0.05) is 29.2 Å². The van der Waals surface area contributed by atoms with Crippen LogP contribution in [0.4, 0.5) is 13.2 Å². The normalized spacial score (nSPS) is 14.0. The molecule has 10 nitrogen and oxygen atoms in total. The molecule has 5 rings (SSSR count). The van der Waals surface area contributed by atoms with Crippen LogP contribution in [0.3, 0.4) is 0 Å². The van der Waals surface area contributed by atoms with Crippen molar-refractivity contribution in [1.29, 1.82) is 0 Å². The molecule has 1 aliphatic rings. The smallest absolute Gasteiger partial charge is 0.379 e. The molecule has 0 spiro atoms. The minimum Gasteiger partial charge on any atom is -0.379 e. The topological polar surface area (TPSA) is 123 Å². The number of hydrazine groups is 2. The van der Waals surface area contributed by atoms with Crippen molar-refractivity contribution in [2.45, 2.75) is 32.4 Å². The first-order valence-electron chi connectivity index (χ1n) is 14.1. The Morgan fingerprint density at radius 1 is 1.11 bits per heavy atom. The van der Waals surface area contributed by atoms with Gasteiger partial charge >= 0.3 is 12.1 Å². The first-order chi connectivity index (χ1) is 22.3. The molecule has 0 unspecified atom stereocenters. The van der Waals surface area contributed by atoms with E-state index in [1.165, 1.54) is 28.2 Å². The maximum Gasteiger partial charge on any atom is 0.416 e. The van der Waals surface area contributed by atoms with Gasteiger partial charge in [-0.2, -0.15) is 28.4 Å². The van der Waals surface area contributed by atoms with E-state index in [0.29, 0.717) is 56.6 Å². The first-order valence-corrected chi connectivity index (χ1v) is 15.7. The summed E-state index contributed by atoms with van der Waals surface area (Å²) in [4.78, 5) is 25.8. The Hall–Kier alpha value is -4.55. The van der Waals surface area contributed by atoms with Gasteiger partial charge in [-0.3, -0.25) is 20.3 Å². The maximum absolute atomic E-state index is 14.2. The van der Waals surface area contributed by atoms with E-state index in [-0.39, 0.29) is 16.5 Å². The lowest BCUT2D eigenvalue weighted by Crippen LogP contribution is -2.56. The van der Waals surface area contributed by atoms with Crippen LogP contribution >= 0.6 is 34.5 Å². The van der Waals surface area contributed by atoms with Crippen molar-refractivity contribution in [2.75, 3.05) is 13.1 Å². The molecule has 0 aliphatic carbocycles. The monoisotopic (exact) mass is 703 g/mol. The summed E-state index contributed by atoms with van der Waals surface area (Å²) in [6.45, 7) is 2.73. The van der Waals surface area contributed by atoms with Crippen molar-refractivity contribution in [3.05, 3.63) is 114 Å². The largest absolute Gasteiger partial charge is 0.416 e. The second-order valence-electron chi connectivity index (χ2n) is 10.4. The fourth-order valence-corrected chi connectivity index (χ4v) is 6.35. The number of thiophene rings is 1. The molecular formula is C31H26Cl2F3N7O3S. The van der Waals surface area contributed by atoms with Crippen LogP contribution in [0, 0.1) is 28.9 Å². The molecule has 1 saturated heterocycles. The number of nitro groups is 1. The fraction of sp³-hybridized carbons (Fsp3) is 0.226. The predicted octanol–water partition coefficient (Wildman–Crippen LogP) is 7.02. The molecule has 2 aromatic carbocycles. The van der Waals surface area contributed by atoms with E-state index in [0.717, 1.165) is 36.5 Å². The minimum absolute atomic E-state index is 0.0313. The van der Waals surface area contributed by atoms with Crippen LogP contribution < -0.4 is 11.2 Å². The van der Waals surface area contributed by atoms with Gasteiger partial charge in [-0.05, 0) is 74.4 Å². The summed E-state index contributed by atoms with van der Waals surface area (Å²) >= 11 is 14.0. The van der Waals surface area contributed by atoms with Crippen LogP contribution in [-0.4, -0.2) is 43.8 Å². The van der Waals surface area contributed by atoms with Gasteiger partial charge in [-0.1, -0.05) is 41.5 Å². The predicted molar refractivity (Wildman–Crippen MR) is 173 cm³/mol. The van der Waals surface area contributed by atoms with Crippen LogP contribution in [0.5, 0.6) is 0 Å². The number of benzene rings is 2. The third-order valence-electron chi connectivity index (χ3n) is 7.13. The Morgan fingerprint density at radius 2 is 1.81 bits per heavy atom. The molecule has 3 N–H and O–H groups in total. The fourth-order valence-electron chi connectivity index (χ4n) is 4.92. The Labute approximate surface area is 281 Å². The number of aromatic nitrogens is 2. The van der Waals surface area contributed by atoms with Gasteiger partial charge in [0.2, 0.25) is 0 Å².